The molecule has 0 amide bonds. The van der Waals surface area contributed by atoms with Crippen molar-refractivity contribution >= 4 is 15.2 Å². The predicted molar refractivity (Wildman–Crippen MR) is 100 cm³/mol. The molecule has 7 nitrogen and oxygen atoms in total. The number of likely N-dealkylation sites (tertiary alicyclic amines) is 1. The molecule has 0 spiro atoms. The zero-order valence-corrected chi connectivity index (χ0v) is 18.3. The molecule has 9 heteroatoms. The number of hydrogen-bond acceptors (Lipinski definition) is 7. The van der Waals surface area contributed by atoms with E-state index < -0.39 is 20.7 Å². The van der Waals surface area contributed by atoms with Gasteiger partial charge in [-0.3, -0.25) is 14.0 Å². The third-order valence-electron chi connectivity index (χ3n) is 4.06. The van der Waals surface area contributed by atoms with Gasteiger partial charge in [-0.25, -0.2) is 0 Å². The van der Waals surface area contributed by atoms with Gasteiger partial charge in [0.15, 0.2) is 0 Å². The maximum absolute atomic E-state index is 13.6. The standard InChI is InChI=1S/C16H35NO6P2/c1-7-20-24(18,21-8-2)15(25(19,22-9-3)23-10-4)17-13-11-12-16(5,6)14-17/h15H,7-14H2,1-6H3. The molecule has 0 N–H and O–H groups in total. The molecule has 1 saturated heterocycles. The minimum absolute atomic E-state index is 0.0169. The van der Waals surface area contributed by atoms with Crippen LogP contribution in [0.1, 0.15) is 54.4 Å². The maximum Gasteiger partial charge on any atom is 0.360 e. The fraction of sp³-hybridized carbons (Fsp3) is 1.00. The first-order valence-corrected chi connectivity index (χ1v) is 12.4. The Bertz CT molecular complexity index is 449. The Balaban J connectivity index is 3.38. The Hall–Kier alpha value is 0.260. The van der Waals surface area contributed by atoms with Gasteiger partial charge in [-0.2, -0.15) is 0 Å². The summed E-state index contributed by atoms with van der Waals surface area (Å²) >= 11 is 0. The lowest BCUT2D eigenvalue weighted by Crippen LogP contribution is -2.46. The second kappa shape index (κ2) is 9.98. The van der Waals surface area contributed by atoms with E-state index in [1.165, 1.54) is 0 Å². The third-order valence-corrected chi connectivity index (χ3v) is 10.0. The van der Waals surface area contributed by atoms with Gasteiger partial charge in [0.1, 0.15) is 0 Å². The van der Waals surface area contributed by atoms with E-state index in [0.717, 1.165) is 12.8 Å². The van der Waals surface area contributed by atoms with Gasteiger partial charge in [-0.15, -0.1) is 0 Å². The Kier molecular flexibility index (Phi) is 9.30. The van der Waals surface area contributed by atoms with Crippen molar-refractivity contribution in [1.29, 1.82) is 0 Å². The molecule has 0 atom stereocenters. The van der Waals surface area contributed by atoms with E-state index in [-0.39, 0.29) is 31.8 Å². The van der Waals surface area contributed by atoms with Crippen LogP contribution in [0.2, 0.25) is 0 Å². The van der Waals surface area contributed by atoms with Crippen molar-refractivity contribution in [1.82, 2.24) is 4.90 Å². The Morgan fingerprint density at radius 1 is 0.880 bits per heavy atom. The van der Waals surface area contributed by atoms with E-state index in [1.54, 1.807) is 27.7 Å². The molecule has 0 saturated carbocycles. The predicted octanol–water partition coefficient (Wildman–Crippen LogP) is 4.92. The summed E-state index contributed by atoms with van der Waals surface area (Å²) in [6.45, 7) is 13.4. The van der Waals surface area contributed by atoms with Crippen LogP contribution >= 0.6 is 15.2 Å². The Labute approximate surface area is 152 Å². The zero-order chi connectivity index (χ0) is 19.1. The van der Waals surface area contributed by atoms with Crippen molar-refractivity contribution in [2.45, 2.75) is 59.9 Å². The number of nitrogens with zero attached hydrogens (tertiary/aromatic N) is 1. The summed E-state index contributed by atoms with van der Waals surface area (Å²) in [5.41, 5.74) is -1.03. The van der Waals surface area contributed by atoms with Gasteiger partial charge in [-0.1, -0.05) is 13.8 Å². The van der Waals surface area contributed by atoms with Gasteiger partial charge in [0.25, 0.3) is 0 Å². The van der Waals surface area contributed by atoms with Crippen LogP contribution in [0.15, 0.2) is 0 Å². The molecular weight excluding hydrogens is 364 g/mol. The first kappa shape index (κ1) is 23.3. The Morgan fingerprint density at radius 3 is 1.60 bits per heavy atom. The van der Waals surface area contributed by atoms with Crippen LogP contribution in [0, 0.1) is 5.41 Å². The van der Waals surface area contributed by atoms with Crippen molar-refractivity contribution < 1.29 is 27.2 Å². The Morgan fingerprint density at radius 2 is 1.28 bits per heavy atom. The third kappa shape index (κ3) is 6.14. The van der Waals surface area contributed by atoms with Crippen LogP contribution in [-0.2, 0) is 27.2 Å². The van der Waals surface area contributed by atoms with E-state index in [0.29, 0.717) is 13.1 Å². The average Bonchev–Trinajstić information content (AvgIpc) is 2.47. The van der Waals surface area contributed by atoms with Crippen molar-refractivity contribution in [3.63, 3.8) is 0 Å². The summed E-state index contributed by atoms with van der Waals surface area (Å²) in [5, 5.41) is 0. The summed E-state index contributed by atoms with van der Waals surface area (Å²) in [4.78, 5) is 1.93. The molecule has 0 aromatic heterocycles. The SMILES string of the molecule is CCOP(=O)(OCC)C(N1CCCC(C)(C)C1)P(=O)(OCC)OCC. The van der Waals surface area contributed by atoms with Gasteiger partial charge in [0.2, 0.25) is 5.52 Å². The minimum Gasteiger partial charge on any atom is -0.307 e. The lowest BCUT2D eigenvalue weighted by molar-refractivity contribution is 0.0907. The molecule has 1 fully saturated rings. The highest BCUT2D eigenvalue weighted by atomic mass is 31.2. The molecule has 1 aliphatic rings. The number of piperidine rings is 1. The highest BCUT2D eigenvalue weighted by Crippen LogP contribution is 2.71. The fourth-order valence-corrected chi connectivity index (χ4v) is 8.80. The molecule has 0 aromatic carbocycles. The molecule has 0 bridgehead atoms. The van der Waals surface area contributed by atoms with E-state index in [9.17, 15) is 9.13 Å². The van der Waals surface area contributed by atoms with E-state index in [4.69, 9.17) is 18.1 Å². The van der Waals surface area contributed by atoms with Crippen molar-refractivity contribution in [2.24, 2.45) is 5.41 Å². The minimum atomic E-state index is -3.72. The molecule has 1 rings (SSSR count). The molecular formula is C16H35NO6P2. The summed E-state index contributed by atoms with van der Waals surface area (Å²) in [7, 11) is -7.44. The van der Waals surface area contributed by atoms with Crippen LogP contribution in [0.4, 0.5) is 0 Å². The van der Waals surface area contributed by atoms with Gasteiger partial charge in [0, 0.05) is 6.54 Å². The summed E-state index contributed by atoms with van der Waals surface area (Å²) in [5.74, 6) is 0. The van der Waals surface area contributed by atoms with Crippen LogP contribution in [0.25, 0.3) is 0 Å². The van der Waals surface area contributed by atoms with Gasteiger partial charge < -0.3 is 18.1 Å². The van der Waals surface area contributed by atoms with Gasteiger partial charge in [-0.05, 0) is 52.5 Å². The first-order valence-electron chi connectivity index (χ1n) is 9.19. The number of hydrogen-bond donors (Lipinski definition) is 0. The van der Waals surface area contributed by atoms with Crippen LogP contribution < -0.4 is 0 Å². The monoisotopic (exact) mass is 399 g/mol. The molecule has 25 heavy (non-hydrogen) atoms. The molecule has 0 radical (unpaired) electrons. The first-order chi connectivity index (χ1) is 11.7. The highest BCUT2D eigenvalue weighted by molar-refractivity contribution is 7.72. The molecule has 0 unspecified atom stereocenters. The van der Waals surface area contributed by atoms with Crippen LogP contribution in [0.5, 0.6) is 0 Å². The van der Waals surface area contributed by atoms with E-state index in [2.05, 4.69) is 13.8 Å². The lowest BCUT2D eigenvalue weighted by atomic mass is 9.84. The van der Waals surface area contributed by atoms with Crippen LogP contribution in [0.3, 0.4) is 0 Å². The van der Waals surface area contributed by atoms with Gasteiger partial charge in [0.05, 0.1) is 26.4 Å². The zero-order valence-electron chi connectivity index (χ0n) is 16.5. The molecule has 150 valence electrons. The smallest absolute Gasteiger partial charge is 0.307 e. The van der Waals surface area contributed by atoms with Crippen LogP contribution in [-0.4, -0.2) is 49.9 Å². The molecule has 1 heterocycles. The van der Waals surface area contributed by atoms with Gasteiger partial charge >= 0.3 is 15.2 Å². The summed E-state index contributed by atoms with van der Waals surface area (Å²) < 4.78 is 49.4. The molecule has 1 aliphatic heterocycles. The number of rotatable bonds is 11. The van der Waals surface area contributed by atoms with Crippen molar-refractivity contribution in [3.05, 3.63) is 0 Å². The highest BCUT2D eigenvalue weighted by Gasteiger charge is 2.55. The van der Waals surface area contributed by atoms with Crippen molar-refractivity contribution in [3.8, 4) is 0 Å². The van der Waals surface area contributed by atoms with E-state index >= 15 is 0 Å². The maximum atomic E-state index is 13.6. The normalized spacial score (nSPS) is 19.5. The second-order valence-corrected chi connectivity index (χ2v) is 11.4. The summed E-state index contributed by atoms with van der Waals surface area (Å²) in [6, 6.07) is 0. The van der Waals surface area contributed by atoms with Crippen molar-refractivity contribution in [2.75, 3.05) is 39.5 Å². The summed E-state index contributed by atoms with van der Waals surface area (Å²) in [6.07, 6.45) is 1.97. The lowest BCUT2D eigenvalue weighted by Gasteiger charge is -2.44. The quantitative estimate of drug-likeness (QED) is 0.456. The largest absolute Gasteiger partial charge is 0.360 e. The second-order valence-electron chi connectivity index (χ2n) is 6.84. The molecule has 0 aromatic rings. The topological polar surface area (TPSA) is 74.3 Å². The molecule has 0 aliphatic carbocycles. The average molecular weight is 399 g/mol. The van der Waals surface area contributed by atoms with E-state index in [1.807, 2.05) is 4.90 Å². The fourth-order valence-electron chi connectivity index (χ4n) is 3.30.